The van der Waals surface area contributed by atoms with Crippen molar-refractivity contribution in [3.8, 4) is 5.88 Å². The van der Waals surface area contributed by atoms with Crippen LogP contribution in [0.4, 0.5) is 5.95 Å². The molecule has 150 valence electrons. The number of primary amides is 1. The summed E-state index contributed by atoms with van der Waals surface area (Å²) in [4.78, 5) is 26.9. The minimum absolute atomic E-state index is 0.431. The van der Waals surface area contributed by atoms with Gasteiger partial charge in [0.15, 0.2) is 0 Å². The van der Waals surface area contributed by atoms with Gasteiger partial charge in [-0.3, -0.25) is 4.79 Å². The van der Waals surface area contributed by atoms with E-state index < -0.39 is 5.91 Å². The fourth-order valence-electron chi connectivity index (χ4n) is 2.81. The standard InChI is InChI=1S/C20H27N5O2S/c1-3-4-13-27-19-17(28-16-7-5-15(6-8-16)18(21)26)14-22-20(23-19)25-11-9-24(2)10-12-25/h5-8,14H,3-4,9-13H2,1-2H3,(H2,21,26). The second-order valence-electron chi connectivity index (χ2n) is 6.82. The fraction of sp³-hybridized carbons (Fsp3) is 0.450. The molecule has 1 saturated heterocycles. The summed E-state index contributed by atoms with van der Waals surface area (Å²) in [6.07, 6.45) is 3.87. The minimum Gasteiger partial charge on any atom is -0.477 e. The number of likely N-dealkylation sites (N-methyl/N-ethyl adjacent to an activating group) is 1. The van der Waals surface area contributed by atoms with Crippen LogP contribution in [0, 0.1) is 0 Å². The van der Waals surface area contributed by atoms with Crippen LogP contribution in [-0.4, -0.2) is 60.6 Å². The first-order chi connectivity index (χ1) is 13.6. The lowest BCUT2D eigenvalue weighted by Crippen LogP contribution is -2.45. The Balaban J connectivity index is 1.79. The quantitative estimate of drug-likeness (QED) is 0.681. The summed E-state index contributed by atoms with van der Waals surface area (Å²) in [6.45, 7) is 6.58. The van der Waals surface area contributed by atoms with Crippen molar-refractivity contribution in [1.82, 2.24) is 14.9 Å². The second-order valence-corrected chi connectivity index (χ2v) is 7.94. The van der Waals surface area contributed by atoms with E-state index in [4.69, 9.17) is 15.5 Å². The number of hydrogen-bond acceptors (Lipinski definition) is 7. The predicted molar refractivity (Wildman–Crippen MR) is 111 cm³/mol. The number of anilines is 1. The molecule has 1 amide bonds. The zero-order valence-electron chi connectivity index (χ0n) is 16.4. The van der Waals surface area contributed by atoms with Crippen molar-refractivity contribution < 1.29 is 9.53 Å². The molecule has 0 atom stereocenters. The number of hydrogen-bond donors (Lipinski definition) is 1. The van der Waals surface area contributed by atoms with Gasteiger partial charge < -0.3 is 20.3 Å². The highest BCUT2D eigenvalue weighted by Gasteiger charge is 2.19. The Hall–Kier alpha value is -2.32. The molecule has 3 rings (SSSR count). The predicted octanol–water partition coefficient (Wildman–Crippen LogP) is 2.66. The number of rotatable bonds is 8. The molecule has 0 spiro atoms. The summed E-state index contributed by atoms with van der Waals surface area (Å²) in [7, 11) is 2.13. The van der Waals surface area contributed by atoms with Gasteiger partial charge in [0.1, 0.15) is 0 Å². The number of carbonyl (C=O) groups is 1. The number of nitrogens with two attached hydrogens (primary N) is 1. The highest BCUT2D eigenvalue weighted by Crippen LogP contribution is 2.34. The monoisotopic (exact) mass is 401 g/mol. The van der Waals surface area contributed by atoms with Crippen molar-refractivity contribution in [2.75, 3.05) is 44.7 Å². The van der Waals surface area contributed by atoms with Crippen molar-refractivity contribution >= 4 is 23.6 Å². The van der Waals surface area contributed by atoms with E-state index in [1.807, 2.05) is 18.3 Å². The Morgan fingerprint density at radius 3 is 2.57 bits per heavy atom. The molecular weight excluding hydrogens is 374 g/mol. The van der Waals surface area contributed by atoms with Gasteiger partial charge in [0.25, 0.3) is 0 Å². The van der Waals surface area contributed by atoms with Gasteiger partial charge in [-0.1, -0.05) is 25.1 Å². The third-order valence-electron chi connectivity index (χ3n) is 4.60. The molecule has 1 aromatic heterocycles. The third-order valence-corrected chi connectivity index (χ3v) is 5.61. The lowest BCUT2D eigenvalue weighted by Gasteiger charge is -2.32. The Kier molecular flexibility index (Phi) is 7.11. The van der Waals surface area contributed by atoms with Crippen LogP contribution in [0.3, 0.4) is 0 Å². The number of aromatic nitrogens is 2. The van der Waals surface area contributed by atoms with Crippen molar-refractivity contribution in [3.05, 3.63) is 36.0 Å². The van der Waals surface area contributed by atoms with Crippen LogP contribution in [-0.2, 0) is 0 Å². The number of ether oxygens (including phenoxy) is 1. The molecule has 1 aromatic carbocycles. The number of nitrogens with zero attached hydrogens (tertiary/aromatic N) is 4. The maximum Gasteiger partial charge on any atom is 0.248 e. The van der Waals surface area contributed by atoms with Crippen LogP contribution in [0.2, 0.25) is 0 Å². The first-order valence-corrected chi connectivity index (χ1v) is 10.4. The molecule has 2 aromatic rings. The zero-order chi connectivity index (χ0) is 19.9. The molecule has 0 unspecified atom stereocenters. The molecule has 7 nitrogen and oxygen atoms in total. The minimum atomic E-state index is -0.431. The SMILES string of the molecule is CCCCOc1nc(N2CCN(C)CC2)ncc1Sc1ccc(C(N)=O)cc1. The first kappa shape index (κ1) is 20.4. The molecule has 0 aliphatic carbocycles. The molecule has 0 radical (unpaired) electrons. The molecule has 2 heterocycles. The van der Waals surface area contributed by atoms with Crippen molar-refractivity contribution in [2.24, 2.45) is 5.73 Å². The van der Waals surface area contributed by atoms with E-state index in [1.54, 1.807) is 12.1 Å². The number of unbranched alkanes of at least 4 members (excludes halogenated alkanes) is 1. The van der Waals surface area contributed by atoms with Gasteiger partial charge in [-0.05, 0) is 37.7 Å². The lowest BCUT2D eigenvalue weighted by molar-refractivity contribution is 0.1000. The molecule has 2 N–H and O–H groups in total. The molecule has 0 bridgehead atoms. The van der Waals surface area contributed by atoms with Crippen LogP contribution in [0.25, 0.3) is 0 Å². The molecule has 28 heavy (non-hydrogen) atoms. The van der Waals surface area contributed by atoms with E-state index in [9.17, 15) is 4.79 Å². The van der Waals surface area contributed by atoms with Gasteiger partial charge in [-0.15, -0.1) is 0 Å². The van der Waals surface area contributed by atoms with Gasteiger partial charge in [-0.2, -0.15) is 4.98 Å². The first-order valence-electron chi connectivity index (χ1n) is 9.58. The number of piperazine rings is 1. The molecule has 8 heteroatoms. The van der Waals surface area contributed by atoms with E-state index in [2.05, 4.69) is 28.8 Å². The maximum atomic E-state index is 11.2. The summed E-state index contributed by atoms with van der Waals surface area (Å²) in [5.41, 5.74) is 5.80. The lowest BCUT2D eigenvalue weighted by atomic mass is 10.2. The largest absolute Gasteiger partial charge is 0.477 e. The average Bonchev–Trinajstić information content (AvgIpc) is 2.70. The number of carbonyl (C=O) groups excluding carboxylic acids is 1. The van der Waals surface area contributed by atoms with Crippen LogP contribution < -0.4 is 15.4 Å². The molecule has 1 aliphatic heterocycles. The number of benzene rings is 1. The van der Waals surface area contributed by atoms with Gasteiger partial charge >= 0.3 is 0 Å². The summed E-state index contributed by atoms with van der Waals surface area (Å²) in [6, 6.07) is 7.19. The van der Waals surface area contributed by atoms with E-state index >= 15 is 0 Å². The highest BCUT2D eigenvalue weighted by molar-refractivity contribution is 7.99. The van der Waals surface area contributed by atoms with E-state index in [0.717, 1.165) is 48.8 Å². The summed E-state index contributed by atoms with van der Waals surface area (Å²) in [5.74, 6) is 0.898. The van der Waals surface area contributed by atoms with Crippen molar-refractivity contribution in [1.29, 1.82) is 0 Å². The van der Waals surface area contributed by atoms with Crippen molar-refractivity contribution in [3.63, 3.8) is 0 Å². The normalized spacial score (nSPS) is 14.9. The molecule has 1 fully saturated rings. The van der Waals surface area contributed by atoms with Crippen molar-refractivity contribution in [2.45, 2.75) is 29.6 Å². The summed E-state index contributed by atoms with van der Waals surface area (Å²) < 4.78 is 5.98. The molecular formula is C20H27N5O2S. The maximum absolute atomic E-state index is 11.2. The molecule has 0 saturated carbocycles. The van der Waals surface area contributed by atoms with E-state index in [0.29, 0.717) is 24.0 Å². The third kappa shape index (κ3) is 5.36. The smallest absolute Gasteiger partial charge is 0.248 e. The summed E-state index contributed by atoms with van der Waals surface area (Å²) in [5, 5.41) is 0. The Labute approximate surface area is 170 Å². The Bertz CT molecular complexity index is 792. The highest BCUT2D eigenvalue weighted by atomic mass is 32.2. The fourth-order valence-corrected chi connectivity index (χ4v) is 3.63. The van der Waals surface area contributed by atoms with Gasteiger partial charge in [-0.25, -0.2) is 4.98 Å². The van der Waals surface area contributed by atoms with Crippen LogP contribution in [0.15, 0.2) is 40.3 Å². The van der Waals surface area contributed by atoms with Gasteiger partial charge in [0.2, 0.25) is 17.7 Å². The van der Waals surface area contributed by atoms with Gasteiger partial charge in [0.05, 0.1) is 17.7 Å². The van der Waals surface area contributed by atoms with Crippen LogP contribution >= 0.6 is 11.8 Å². The number of amides is 1. The zero-order valence-corrected chi connectivity index (χ0v) is 17.2. The molecule has 1 aliphatic rings. The van der Waals surface area contributed by atoms with E-state index in [1.165, 1.54) is 11.8 Å². The average molecular weight is 402 g/mol. The topological polar surface area (TPSA) is 84.6 Å². The van der Waals surface area contributed by atoms with Crippen LogP contribution in [0.1, 0.15) is 30.1 Å². The summed E-state index contributed by atoms with van der Waals surface area (Å²) >= 11 is 1.52. The Morgan fingerprint density at radius 1 is 1.21 bits per heavy atom. The Morgan fingerprint density at radius 2 is 1.93 bits per heavy atom. The second kappa shape index (κ2) is 9.75. The van der Waals surface area contributed by atoms with E-state index in [-0.39, 0.29) is 0 Å². The van der Waals surface area contributed by atoms with Gasteiger partial charge in [0, 0.05) is 36.6 Å². The van der Waals surface area contributed by atoms with Crippen LogP contribution in [0.5, 0.6) is 5.88 Å².